The first-order valence-electron chi connectivity index (χ1n) is 11.6. The van der Waals surface area contributed by atoms with Crippen molar-refractivity contribution >= 4 is 5.82 Å². The predicted octanol–water partition coefficient (Wildman–Crippen LogP) is 3.52. The number of nitrogen functional groups attached to an aromatic ring is 1. The van der Waals surface area contributed by atoms with Crippen LogP contribution in [0.3, 0.4) is 0 Å². The van der Waals surface area contributed by atoms with Crippen LogP contribution in [0.5, 0.6) is 0 Å². The first-order valence-corrected chi connectivity index (χ1v) is 11.6. The lowest BCUT2D eigenvalue weighted by Gasteiger charge is -2.35. The molecular weight excluding hydrogens is 374 g/mol. The Bertz CT molecular complexity index is 1030. The molecule has 2 N–H and O–H groups in total. The highest BCUT2D eigenvalue weighted by atomic mass is 16.5. The maximum absolute atomic E-state index is 6.15. The molecule has 7 rings (SSSR count). The van der Waals surface area contributed by atoms with Gasteiger partial charge in [0, 0.05) is 42.4 Å². The van der Waals surface area contributed by atoms with Crippen LogP contribution in [0.2, 0.25) is 0 Å². The number of anilines is 1. The summed E-state index contributed by atoms with van der Waals surface area (Å²) >= 11 is 0. The molecule has 3 saturated carbocycles. The van der Waals surface area contributed by atoms with Crippen molar-refractivity contribution in [3.63, 3.8) is 0 Å². The van der Waals surface area contributed by atoms with Gasteiger partial charge in [-0.3, -0.25) is 4.68 Å². The quantitative estimate of drug-likeness (QED) is 0.799. The molecule has 6 nitrogen and oxygen atoms in total. The molecule has 2 aliphatic heterocycles. The van der Waals surface area contributed by atoms with Gasteiger partial charge in [0.05, 0.1) is 24.9 Å². The lowest BCUT2D eigenvalue weighted by Crippen LogP contribution is -2.46. The Morgan fingerprint density at radius 1 is 1.13 bits per heavy atom. The van der Waals surface area contributed by atoms with Gasteiger partial charge in [-0.15, -0.1) is 0 Å². The Kier molecular flexibility index (Phi) is 3.66. The number of hydrogen-bond acceptors (Lipinski definition) is 5. The third kappa shape index (κ3) is 2.73. The fraction of sp³-hybridized carbons (Fsp3) is 0.583. The average molecular weight is 404 g/mol. The number of nitrogens with zero attached hydrogens (tertiary/aromatic N) is 4. The fourth-order valence-corrected chi connectivity index (χ4v) is 5.49. The monoisotopic (exact) mass is 403 g/mol. The molecule has 2 aromatic rings. The van der Waals surface area contributed by atoms with E-state index in [0.29, 0.717) is 29.6 Å². The topological polar surface area (TPSA) is 69.2 Å². The number of nitrogens with two attached hydrogens (primary N) is 1. The van der Waals surface area contributed by atoms with Gasteiger partial charge >= 0.3 is 0 Å². The van der Waals surface area contributed by atoms with E-state index in [1.54, 1.807) is 5.57 Å². The fourth-order valence-electron chi connectivity index (χ4n) is 5.49. The first-order chi connectivity index (χ1) is 14.7. The Labute approximate surface area is 177 Å². The number of aromatic nitrogens is 3. The van der Waals surface area contributed by atoms with E-state index in [1.807, 2.05) is 6.20 Å². The largest absolute Gasteiger partial charge is 0.383 e. The van der Waals surface area contributed by atoms with Crippen molar-refractivity contribution in [2.75, 3.05) is 25.5 Å². The second-order valence-corrected chi connectivity index (χ2v) is 10.0. The highest BCUT2D eigenvalue weighted by Gasteiger charge is 2.52. The number of hydrogen-bond donors (Lipinski definition) is 1. The van der Waals surface area contributed by atoms with Crippen LogP contribution in [-0.2, 0) is 11.3 Å². The van der Waals surface area contributed by atoms with Crippen LogP contribution in [0.15, 0.2) is 30.1 Å². The zero-order valence-corrected chi connectivity index (χ0v) is 17.3. The highest BCUT2D eigenvalue weighted by molar-refractivity contribution is 5.64. The molecule has 0 spiro atoms. The minimum atomic E-state index is 0.549. The van der Waals surface area contributed by atoms with E-state index in [9.17, 15) is 0 Å². The Hall–Kier alpha value is -2.34. The van der Waals surface area contributed by atoms with Gasteiger partial charge in [-0.25, -0.2) is 4.98 Å². The molecule has 0 amide bonds. The van der Waals surface area contributed by atoms with Crippen LogP contribution >= 0.6 is 0 Å². The van der Waals surface area contributed by atoms with E-state index in [2.05, 4.69) is 32.9 Å². The minimum absolute atomic E-state index is 0.549. The number of pyridine rings is 1. The third-order valence-corrected chi connectivity index (χ3v) is 7.94. The minimum Gasteiger partial charge on any atom is -0.383 e. The molecule has 2 aromatic heterocycles. The van der Waals surface area contributed by atoms with Crippen LogP contribution < -0.4 is 5.73 Å². The molecule has 0 aromatic carbocycles. The summed E-state index contributed by atoms with van der Waals surface area (Å²) in [5, 5.41) is 5.10. The lowest BCUT2D eigenvalue weighted by atomic mass is 9.85. The summed E-state index contributed by atoms with van der Waals surface area (Å²) in [4.78, 5) is 7.00. The smallest absolute Gasteiger partial charge is 0.126 e. The first kappa shape index (κ1) is 17.4. The highest BCUT2D eigenvalue weighted by Crippen LogP contribution is 2.58. The van der Waals surface area contributed by atoms with Crippen molar-refractivity contribution in [2.45, 2.75) is 56.5 Å². The van der Waals surface area contributed by atoms with Crippen LogP contribution in [-0.4, -0.2) is 45.5 Å². The van der Waals surface area contributed by atoms with Gasteiger partial charge in [0.15, 0.2) is 0 Å². The van der Waals surface area contributed by atoms with Gasteiger partial charge in [-0.2, -0.15) is 5.10 Å². The molecule has 4 heterocycles. The lowest BCUT2D eigenvalue weighted by molar-refractivity contribution is -0.0478. The maximum atomic E-state index is 6.15. The van der Waals surface area contributed by atoms with Crippen LogP contribution in [0.1, 0.15) is 55.2 Å². The van der Waals surface area contributed by atoms with E-state index in [4.69, 9.17) is 15.6 Å². The summed E-state index contributed by atoms with van der Waals surface area (Å²) < 4.78 is 7.71. The molecule has 5 aliphatic rings. The summed E-state index contributed by atoms with van der Waals surface area (Å²) in [6.45, 7) is 3.98. The predicted molar refractivity (Wildman–Crippen MR) is 115 cm³/mol. The molecule has 30 heavy (non-hydrogen) atoms. The summed E-state index contributed by atoms with van der Waals surface area (Å²) in [5.41, 5.74) is 12.5. The molecule has 4 fully saturated rings. The number of ether oxygens (including phenoxy) is 1. The van der Waals surface area contributed by atoms with Crippen LogP contribution in [0, 0.1) is 11.8 Å². The molecule has 0 radical (unpaired) electrons. The van der Waals surface area contributed by atoms with Crippen LogP contribution in [0.25, 0.3) is 11.3 Å². The van der Waals surface area contributed by atoms with Gasteiger partial charge in [0.25, 0.3) is 0 Å². The molecule has 3 aliphatic carbocycles. The molecule has 0 bridgehead atoms. The zero-order chi connectivity index (χ0) is 19.8. The van der Waals surface area contributed by atoms with E-state index in [0.717, 1.165) is 43.5 Å². The molecule has 2 atom stereocenters. The Morgan fingerprint density at radius 2 is 2.00 bits per heavy atom. The van der Waals surface area contributed by atoms with Gasteiger partial charge in [-0.05, 0) is 67.0 Å². The maximum Gasteiger partial charge on any atom is 0.126 e. The molecule has 1 saturated heterocycles. The van der Waals surface area contributed by atoms with Crippen molar-refractivity contribution in [3.05, 3.63) is 41.4 Å². The third-order valence-electron chi connectivity index (χ3n) is 7.94. The molecular formula is C24H29N5O. The van der Waals surface area contributed by atoms with E-state index in [1.165, 1.54) is 43.4 Å². The molecule has 6 heteroatoms. The van der Waals surface area contributed by atoms with E-state index in [-0.39, 0.29) is 0 Å². The standard InChI is InChI=1S/C24H29N5O/c25-24-18(15-4-5-15)6-16(8-26-24)21-7-22(29(27-21)9-14-2-1-3-14)23-19-10-28(11-20(19)23)17-12-30-13-17/h6-8,10,14-15,17,20,23H,1-5,9,11-13H2,(H2,25,26)/t20-,23-/m1/s1. The zero-order valence-electron chi connectivity index (χ0n) is 17.3. The van der Waals surface area contributed by atoms with Crippen molar-refractivity contribution in [1.82, 2.24) is 19.7 Å². The number of rotatable bonds is 6. The Balaban J connectivity index is 1.21. The molecule has 156 valence electrons. The second kappa shape index (κ2) is 6.33. The summed E-state index contributed by atoms with van der Waals surface area (Å²) in [7, 11) is 0. The van der Waals surface area contributed by atoms with Gasteiger partial charge in [0.1, 0.15) is 5.82 Å². The molecule has 0 unspecified atom stereocenters. The van der Waals surface area contributed by atoms with E-state index >= 15 is 0 Å². The Morgan fingerprint density at radius 3 is 2.63 bits per heavy atom. The average Bonchev–Trinajstić information content (AvgIpc) is 3.53. The summed E-state index contributed by atoms with van der Waals surface area (Å²) in [6.07, 6.45) is 10.8. The van der Waals surface area contributed by atoms with Crippen molar-refractivity contribution < 1.29 is 4.74 Å². The SMILES string of the molecule is Nc1ncc(-c2cc([C@@H]3C4=CN(C5COC5)C[C@H]43)n(CC3CCC3)n2)cc1C1CC1. The second-order valence-electron chi connectivity index (χ2n) is 10.0. The van der Waals surface area contributed by atoms with Crippen molar-refractivity contribution in [2.24, 2.45) is 11.8 Å². The van der Waals surface area contributed by atoms with Gasteiger partial charge in [-0.1, -0.05) is 6.42 Å². The van der Waals surface area contributed by atoms with Crippen molar-refractivity contribution in [1.29, 1.82) is 0 Å². The van der Waals surface area contributed by atoms with Crippen molar-refractivity contribution in [3.8, 4) is 11.3 Å². The summed E-state index contributed by atoms with van der Waals surface area (Å²) in [6, 6.07) is 5.18. The van der Waals surface area contributed by atoms with E-state index < -0.39 is 0 Å². The van der Waals surface area contributed by atoms with Crippen LogP contribution in [0.4, 0.5) is 5.82 Å². The summed E-state index contributed by atoms with van der Waals surface area (Å²) in [5.74, 6) is 3.30. The van der Waals surface area contributed by atoms with Gasteiger partial charge in [0.2, 0.25) is 0 Å². The normalized spacial score (nSPS) is 28.1. The van der Waals surface area contributed by atoms with Gasteiger partial charge < -0.3 is 15.4 Å². The number of fused-ring (bicyclic) bond motifs is 1.